The number of aromatic nitrogens is 2. The van der Waals surface area contributed by atoms with Gasteiger partial charge in [0.05, 0.1) is 11.9 Å². The van der Waals surface area contributed by atoms with E-state index >= 15 is 0 Å². The van der Waals surface area contributed by atoms with E-state index in [1.807, 2.05) is 0 Å². The van der Waals surface area contributed by atoms with E-state index in [0.29, 0.717) is 11.5 Å². The van der Waals surface area contributed by atoms with Crippen LogP contribution >= 0.6 is 0 Å². The van der Waals surface area contributed by atoms with Crippen LogP contribution < -0.4 is 9.62 Å². The molecule has 0 aliphatic heterocycles. The third-order valence-electron chi connectivity index (χ3n) is 2.96. The molecule has 0 saturated heterocycles. The van der Waals surface area contributed by atoms with Crippen LogP contribution in [0.15, 0.2) is 47.8 Å². The Morgan fingerprint density at radius 1 is 1.24 bits per heavy atom. The molecular weight excluding hydrogens is 288 g/mol. The molecule has 0 fully saturated rings. The zero-order valence-electron chi connectivity index (χ0n) is 12.0. The van der Waals surface area contributed by atoms with Gasteiger partial charge in [0, 0.05) is 26.0 Å². The highest BCUT2D eigenvalue weighted by Crippen LogP contribution is 2.21. The van der Waals surface area contributed by atoms with E-state index in [1.54, 1.807) is 30.5 Å². The van der Waals surface area contributed by atoms with Crippen LogP contribution in [0.2, 0.25) is 0 Å². The summed E-state index contributed by atoms with van der Waals surface area (Å²) in [6, 6.07) is 6.60. The first-order valence-electron chi connectivity index (χ1n) is 6.64. The molecule has 0 bridgehead atoms. The number of hydrogen-bond donors (Lipinski definition) is 1. The van der Waals surface area contributed by atoms with Gasteiger partial charge >= 0.3 is 0 Å². The highest BCUT2D eigenvalue weighted by Gasteiger charge is 2.21. The molecular formula is C14H18N4O2S. The molecule has 21 heavy (non-hydrogen) atoms. The Labute approximate surface area is 124 Å². The fourth-order valence-corrected chi connectivity index (χ4v) is 2.86. The van der Waals surface area contributed by atoms with Crippen molar-refractivity contribution >= 4 is 21.5 Å². The summed E-state index contributed by atoms with van der Waals surface area (Å²) in [5.41, 5.74) is 0.505. The number of hydrogen-bond acceptors (Lipinski definition) is 5. The maximum atomic E-state index is 12.5. The third-order valence-corrected chi connectivity index (χ3v) is 4.73. The summed E-state index contributed by atoms with van der Waals surface area (Å²) in [5.74, 6) is 0.667. The summed E-state index contributed by atoms with van der Waals surface area (Å²) < 4.78 is 26.2. The van der Waals surface area contributed by atoms with E-state index in [1.165, 1.54) is 23.7 Å². The van der Waals surface area contributed by atoms with Crippen LogP contribution in [0, 0.1) is 0 Å². The second-order valence-corrected chi connectivity index (χ2v) is 6.46. The Hall–Kier alpha value is -2.15. The molecule has 0 unspecified atom stereocenters. The lowest BCUT2D eigenvalue weighted by Gasteiger charge is -2.18. The molecule has 2 rings (SSSR count). The molecule has 2 aromatic rings. The van der Waals surface area contributed by atoms with Gasteiger partial charge in [-0.1, -0.05) is 6.92 Å². The second-order valence-electron chi connectivity index (χ2n) is 4.49. The molecule has 0 aliphatic rings. The first kappa shape index (κ1) is 15.2. The van der Waals surface area contributed by atoms with Crippen LogP contribution in [0.25, 0.3) is 0 Å². The topological polar surface area (TPSA) is 75.2 Å². The van der Waals surface area contributed by atoms with Crippen LogP contribution in [0.3, 0.4) is 0 Å². The molecule has 0 aliphatic carbocycles. The molecule has 1 N–H and O–H groups in total. The van der Waals surface area contributed by atoms with E-state index in [0.717, 1.165) is 13.0 Å². The van der Waals surface area contributed by atoms with Crippen molar-refractivity contribution in [3.63, 3.8) is 0 Å². The maximum absolute atomic E-state index is 12.5. The Balaban J connectivity index is 2.23. The van der Waals surface area contributed by atoms with Crippen molar-refractivity contribution in [2.45, 2.75) is 18.2 Å². The van der Waals surface area contributed by atoms with Crippen LogP contribution in [0.1, 0.15) is 13.3 Å². The smallest absolute Gasteiger partial charge is 0.265 e. The quantitative estimate of drug-likeness (QED) is 0.885. The van der Waals surface area contributed by atoms with Crippen molar-refractivity contribution < 1.29 is 8.42 Å². The zero-order chi connectivity index (χ0) is 15.3. The normalized spacial score (nSPS) is 11.1. The molecule has 0 spiro atoms. The summed E-state index contributed by atoms with van der Waals surface area (Å²) in [5, 5.41) is 3.10. The van der Waals surface area contributed by atoms with Gasteiger partial charge in [0.2, 0.25) is 0 Å². The third kappa shape index (κ3) is 3.49. The summed E-state index contributed by atoms with van der Waals surface area (Å²) in [6.07, 6.45) is 5.44. The molecule has 0 saturated carbocycles. The molecule has 2 heterocycles. The average Bonchev–Trinajstić information content (AvgIpc) is 2.53. The highest BCUT2D eigenvalue weighted by atomic mass is 32.2. The number of rotatable bonds is 6. The lowest BCUT2D eigenvalue weighted by atomic mass is 10.4. The van der Waals surface area contributed by atoms with Crippen LogP contribution in [0.4, 0.5) is 11.5 Å². The van der Waals surface area contributed by atoms with Crippen LogP contribution in [-0.4, -0.2) is 32.0 Å². The Morgan fingerprint density at radius 3 is 2.62 bits per heavy atom. The van der Waals surface area contributed by atoms with E-state index in [9.17, 15) is 8.42 Å². The van der Waals surface area contributed by atoms with Gasteiger partial charge in [0.25, 0.3) is 10.0 Å². The van der Waals surface area contributed by atoms with Crippen molar-refractivity contribution in [3.05, 3.63) is 42.9 Å². The Morgan fingerprint density at radius 2 is 2.05 bits per heavy atom. The molecule has 7 heteroatoms. The zero-order valence-corrected chi connectivity index (χ0v) is 12.8. The number of sulfonamides is 1. The molecule has 0 amide bonds. The van der Waals surface area contributed by atoms with Crippen molar-refractivity contribution in [3.8, 4) is 0 Å². The minimum absolute atomic E-state index is 0.149. The first-order chi connectivity index (χ1) is 10.1. The first-order valence-corrected chi connectivity index (χ1v) is 8.08. The minimum Gasteiger partial charge on any atom is -0.370 e. The molecule has 112 valence electrons. The number of pyridine rings is 2. The number of nitrogens with one attached hydrogen (secondary N) is 1. The van der Waals surface area contributed by atoms with Gasteiger partial charge in [-0.25, -0.2) is 13.4 Å². The van der Waals surface area contributed by atoms with Crippen molar-refractivity contribution in [1.82, 2.24) is 9.97 Å². The van der Waals surface area contributed by atoms with Gasteiger partial charge in [-0.2, -0.15) is 0 Å². The fraction of sp³-hybridized carbons (Fsp3) is 0.286. The predicted molar refractivity (Wildman–Crippen MR) is 82.8 cm³/mol. The maximum Gasteiger partial charge on any atom is 0.265 e. The van der Waals surface area contributed by atoms with Gasteiger partial charge in [-0.15, -0.1) is 0 Å². The monoisotopic (exact) mass is 306 g/mol. The largest absolute Gasteiger partial charge is 0.370 e. The van der Waals surface area contributed by atoms with Gasteiger partial charge in [-0.05, 0) is 30.7 Å². The Kier molecular flexibility index (Phi) is 4.74. The SMILES string of the molecule is CCCNc1ccc(S(=O)(=O)N(C)c2cccnc2)cn1. The highest BCUT2D eigenvalue weighted by molar-refractivity contribution is 7.92. The average molecular weight is 306 g/mol. The van der Waals surface area contributed by atoms with E-state index < -0.39 is 10.0 Å². The predicted octanol–water partition coefficient (Wildman–Crippen LogP) is 2.12. The number of nitrogens with zero attached hydrogens (tertiary/aromatic N) is 3. The van der Waals surface area contributed by atoms with Crippen molar-refractivity contribution in [1.29, 1.82) is 0 Å². The number of anilines is 2. The van der Waals surface area contributed by atoms with E-state index in [4.69, 9.17) is 0 Å². The van der Waals surface area contributed by atoms with Crippen molar-refractivity contribution in [2.75, 3.05) is 23.2 Å². The summed E-state index contributed by atoms with van der Waals surface area (Å²) in [4.78, 5) is 8.20. The van der Waals surface area contributed by atoms with Crippen LogP contribution in [-0.2, 0) is 10.0 Å². The van der Waals surface area contributed by atoms with Gasteiger partial charge in [-0.3, -0.25) is 9.29 Å². The second kappa shape index (κ2) is 6.53. The molecule has 0 radical (unpaired) electrons. The molecule has 0 atom stereocenters. The summed E-state index contributed by atoms with van der Waals surface area (Å²) in [6.45, 7) is 2.85. The molecule has 6 nitrogen and oxygen atoms in total. The lowest BCUT2D eigenvalue weighted by Crippen LogP contribution is -2.26. The molecule has 2 aromatic heterocycles. The van der Waals surface area contributed by atoms with Gasteiger partial charge < -0.3 is 5.32 Å². The van der Waals surface area contributed by atoms with Gasteiger partial charge in [0.1, 0.15) is 10.7 Å². The van der Waals surface area contributed by atoms with Crippen molar-refractivity contribution in [2.24, 2.45) is 0 Å². The summed E-state index contributed by atoms with van der Waals surface area (Å²) in [7, 11) is -2.13. The summed E-state index contributed by atoms with van der Waals surface area (Å²) >= 11 is 0. The van der Waals surface area contributed by atoms with Crippen LogP contribution in [0.5, 0.6) is 0 Å². The Bertz CT molecular complexity index is 672. The standard InChI is InChI=1S/C14H18N4O2S/c1-3-8-16-14-7-6-13(11-17-14)21(19,20)18(2)12-5-4-9-15-10-12/h4-7,9-11H,3,8H2,1-2H3,(H,16,17). The molecule has 0 aromatic carbocycles. The van der Waals surface area contributed by atoms with E-state index in [-0.39, 0.29) is 4.90 Å². The fourth-order valence-electron chi connectivity index (χ4n) is 1.73. The van der Waals surface area contributed by atoms with E-state index in [2.05, 4.69) is 22.2 Å². The lowest BCUT2D eigenvalue weighted by molar-refractivity contribution is 0.594. The minimum atomic E-state index is -3.63. The van der Waals surface area contributed by atoms with Gasteiger partial charge in [0.15, 0.2) is 0 Å².